The molecule has 2 unspecified atom stereocenters. The highest BCUT2D eigenvalue weighted by Crippen LogP contribution is 2.66. The molecule has 144 valence electrons. The normalized spacial score (nSPS) is 47.5. The molecule has 0 radical (unpaired) electrons. The molecular weight excluding hydrogens is 328 g/mol. The van der Waals surface area contributed by atoms with Gasteiger partial charge in [0.25, 0.3) is 0 Å². The highest BCUT2D eigenvalue weighted by atomic mass is 16.5. The summed E-state index contributed by atoms with van der Waals surface area (Å²) in [7, 11) is 0. The Bertz CT molecular complexity index is 653. The van der Waals surface area contributed by atoms with Crippen LogP contribution in [0.15, 0.2) is 11.6 Å². The van der Waals surface area contributed by atoms with Gasteiger partial charge in [0.15, 0.2) is 5.78 Å². The minimum absolute atomic E-state index is 0.0353. The Morgan fingerprint density at radius 1 is 1.27 bits per heavy atom. The number of hydrogen-bond acceptors (Lipinski definition) is 4. The predicted molar refractivity (Wildman–Crippen MR) is 98.2 cm³/mol. The van der Waals surface area contributed by atoms with Crippen LogP contribution in [0.4, 0.5) is 0 Å². The lowest BCUT2D eigenvalue weighted by Gasteiger charge is -2.60. The van der Waals surface area contributed by atoms with Crippen molar-refractivity contribution in [1.82, 2.24) is 0 Å². The Morgan fingerprint density at radius 2 is 2.04 bits per heavy atom. The van der Waals surface area contributed by atoms with Crippen LogP contribution in [-0.2, 0) is 14.3 Å². The number of hydrogen-bond donors (Lipinski definition) is 1. The number of fused-ring (bicyclic) bond motifs is 5. The van der Waals surface area contributed by atoms with Gasteiger partial charge in [0, 0.05) is 24.2 Å². The summed E-state index contributed by atoms with van der Waals surface area (Å²) in [6, 6.07) is 0. The van der Waals surface area contributed by atoms with E-state index >= 15 is 0 Å². The van der Waals surface area contributed by atoms with Gasteiger partial charge >= 0.3 is 5.97 Å². The van der Waals surface area contributed by atoms with Crippen LogP contribution in [0.25, 0.3) is 0 Å². The van der Waals surface area contributed by atoms with Crippen molar-refractivity contribution < 1.29 is 19.4 Å². The molecule has 3 fully saturated rings. The molecule has 1 N–H and O–H groups in total. The van der Waals surface area contributed by atoms with E-state index in [4.69, 9.17) is 4.74 Å². The summed E-state index contributed by atoms with van der Waals surface area (Å²) in [4.78, 5) is 23.6. The van der Waals surface area contributed by atoms with E-state index in [2.05, 4.69) is 13.8 Å². The lowest BCUT2D eigenvalue weighted by molar-refractivity contribution is -0.159. The number of rotatable bonds is 2. The van der Waals surface area contributed by atoms with Gasteiger partial charge in [-0.05, 0) is 68.3 Å². The lowest BCUT2D eigenvalue weighted by Crippen LogP contribution is -2.56. The number of carbonyl (C=O) groups is 2. The molecule has 0 aromatic heterocycles. The summed E-state index contributed by atoms with van der Waals surface area (Å²) in [6.45, 7) is 6.32. The van der Waals surface area contributed by atoms with Crippen molar-refractivity contribution in [3.63, 3.8) is 0 Å². The smallest absolute Gasteiger partial charge is 0.302 e. The number of ketones is 1. The monoisotopic (exact) mass is 360 g/mol. The minimum atomic E-state index is -0.189. The van der Waals surface area contributed by atoms with E-state index < -0.39 is 0 Å². The largest absolute Gasteiger partial charge is 0.462 e. The van der Waals surface area contributed by atoms with Gasteiger partial charge in [-0.1, -0.05) is 19.4 Å². The van der Waals surface area contributed by atoms with Gasteiger partial charge in [-0.3, -0.25) is 9.59 Å². The van der Waals surface area contributed by atoms with Crippen LogP contribution in [0.5, 0.6) is 0 Å². The number of aliphatic hydroxyl groups is 1. The van der Waals surface area contributed by atoms with Crippen LogP contribution in [0.2, 0.25) is 0 Å². The zero-order valence-electron chi connectivity index (χ0n) is 16.3. The van der Waals surface area contributed by atoms with Gasteiger partial charge in [-0.15, -0.1) is 0 Å². The van der Waals surface area contributed by atoms with E-state index in [0.29, 0.717) is 30.1 Å². The molecule has 4 rings (SSSR count). The summed E-state index contributed by atoms with van der Waals surface area (Å²) in [5.41, 5.74) is 1.08. The van der Waals surface area contributed by atoms with Crippen molar-refractivity contribution >= 4 is 11.8 Å². The summed E-state index contributed by atoms with van der Waals surface area (Å²) in [5.74, 6) is 2.11. The second-order valence-electron chi connectivity index (χ2n) is 9.64. The highest BCUT2D eigenvalue weighted by Gasteiger charge is 2.62. The zero-order chi connectivity index (χ0) is 18.7. The van der Waals surface area contributed by atoms with Crippen molar-refractivity contribution in [2.24, 2.45) is 34.5 Å². The second-order valence-corrected chi connectivity index (χ2v) is 9.64. The first-order valence-corrected chi connectivity index (χ1v) is 10.3. The number of ether oxygens (including phenoxy) is 1. The number of carbonyl (C=O) groups excluding carboxylic acids is 2. The fourth-order valence-electron chi connectivity index (χ4n) is 7.36. The quantitative estimate of drug-likeness (QED) is 0.763. The molecule has 0 aromatic carbocycles. The molecule has 4 nitrogen and oxygen atoms in total. The van der Waals surface area contributed by atoms with Crippen LogP contribution in [-0.4, -0.2) is 29.6 Å². The molecule has 0 amide bonds. The molecule has 4 aliphatic carbocycles. The summed E-state index contributed by atoms with van der Waals surface area (Å²) in [6.07, 6.45) is 8.38. The lowest BCUT2D eigenvalue weighted by atomic mass is 9.45. The fourth-order valence-corrected chi connectivity index (χ4v) is 7.36. The molecular formula is C22H32O4. The van der Waals surface area contributed by atoms with Crippen LogP contribution in [0.1, 0.15) is 65.7 Å². The third-order valence-electron chi connectivity index (χ3n) is 8.54. The van der Waals surface area contributed by atoms with Crippen molar-refractivity contribution in [2.45, 2.75) is 71.8 Å². The molecule has 0 saturated heterocycles. The first kappa shape index (κ1) is 18.2. The number of esters is 1. The molecule has 4 aliphatic rings. The van der Waals surface area contributed by atoms with Gasteiger partial charge in [0.2, 0.25) is 0 Å². The molecule has 4 heteroatoms. The number of aliphatic hydroxyl groups excluding tert-OH is 1. The predicted octanol–water partition coefficient (Wildman–Crippen LogP) is 3.67. The third kappa shape index (κ3) is 2.44. The van der Waals surface area contributed by atoms with E-state index in [0.717, 1.165) is 38.5 Å². The fraction of sp³-hybridized carbons (Fsp3) is 0.818. The zero-order valence-corrected chi connectivity index (χ0v) is 16.3. The third-order valence-corrected chi connectivity index (χ3v) is 8.54. The molecule has 26 heavy (non-hydrogen) atoms. The Hall–Kier alpha value is -1.16. The standard InChI is InChI=1S/C22H32O4/c1-13-10-15-11-16(25)6-9-22(15,12-23)18-7-8-21(3)17(20(13)18)4-5-19(21)26-14(2)24/h11,13,17-20,23H,4-10,12H2,1-3H3/t13?,17-,18+,19?,20-,21-,22+/m0/s1. The highest BCUT2D eigenvalue weighted by molar-refractivity contribution is 5.91. The second kappa shape index (κ2) is 6.19. The van der Waals surface area contributed by atoms with E-state index in [1.807, 2.05) is 6.08 Å². The minimum Gasteiger partial charge on any atom is -0.462 e. The van der Waals surface area contributed by atoms with Gasteiger partial charge in [0.1, 0.15) is 6.10 Å². The maximum atomic E-state index is 12.0. The Morgan fingerprint density at radius 3 is 2.73 bits per heavy atom. The summed E-state index contributed by atoms with van der Waals surface area (Å²) in [5, 5.41) is 10.4. The summed E-state index contributed by atoms with van der Waals surface area (Å²) >= 11 is 0. The van der Waals surface area contributed by atoms with Crippen molar-refractivity contribution in [1.29, 1.82) is 0 Å². The Kier molecular flexibility index (Phi) is 4.33. The van der Waals surface area contributed by atoms with Crippen LogP contribution < -0.4 is 0 Å². The van der Waals surface area contributed by atoms with Gasteiger partial charge in [0.05, 0.1) is 6.61 Å². The maximum Gasteiger partial charge on any atom is 0.302 e. The average molecular weight is 360 g/mol. The van der Waals surface area contributed by atoms with Crippen molar-refractivity contribution in [3.05, 3.63) is 11.6 Å². The molecule has 3 saturated carbocycles. The van der Waals surface area contributed by atoms with Crippen LogP contribution >= 0.6 is 0 Å². The first-order chi connectivity index (χ1) is 12.3. The molecule has 7 atom stereocenters. The van der Waals surface area contributed by atoms with Gasteiger partial charge in [-0.25, -0.2) is 0 Å². The molecule has 0 aliphatic heterocycles. The topological polar surface area (TPSA) is 63.6 Å². The van der Waals surface area contributed by atoms with Crippen LogP contribution in [0, 0.1) is 34.5 Å². The average Bonchev–Trinajstić information content (AvgIpc) is 2.91. The van der Waals surface area contributed by atoms with E-state index in [1.54, 1.807) is 0 Å². The van der Waals surface area contributed by atoms with Gasteiger partial charge < -0.3 is 9.84 Å². The first-order valence-electron chi connectivity index (χ1n) is 10.3. The summed E-state index contributed by atoms with van der Waals surface area (Å²) < 4.78 is 5.73. The molecule has 0 bridgehead atoms. The van der Waals surface area contributed by atoms with Crippen LogP contribution in [0.3, 0.4) is 0 Å². The van der Waals surface area contributed by atoms with Crippen molar-refractivity contribution in [2.75, 3.05) is 6.61 Å². The Labute approximate surface area is 156 Å². The van der Waals surface area contributed by atoms with E-state index in [-0.39, 0.29) is 35.3 Å². The maximum absolute atomic E-state index is 12.0. The van der Waals surface area contributed by atoms with E-state index in [1.165, 1.54) is 12.5 Å². The molecule has 0 spiro atoms. The van der Waals surface area contributed by atoms with Crippen molar-refractivity contribution in [3.8, 4) is 0 Å². The molecule has 0 heterocycles. The van der Waals surface area contributed by atoms with Gasteiger partial charge in [-0.2, -0.15) is 0 Å². The Balaban J connectivity index is 1.69. The SMILES string of the molecule is CC(=O)OC1CC[C@H]2[C@@H]3C(C)CC4=CC(=O)CC[C@]4(CO)[C@@H]3CC[C@]12C. The van der Waals surface area contributed by atoms with E-state index in [9.17, 15) is 14.7 Å². The molecule has 0 aromatic rings.